The van der Waals surface area contributed by atoms with Crippen LogP contribution in [0.2, 0.25) is 0 Å². The zero-order valence-electron chi connectivity index (χ0n) is 15.3. The van der Waals surface area contributed by atoms with E-state index in [-0.39, 0.29) is 12.1 Å². The summed E-state index contributed by atoms with van der Waals surface area (Å²) in [6.07, 6.45) is 2.72. The van der Waals surface area contributed by atoms with Crippen molar-refractivity contribution in [2.45, 2.75) is 20.4 Å². The largest absolute Gasteiger partial charge is 0.309 e. The topological polar surface area (TPSA) is 108 Å². The van der Waals surface area contributed by atoms with E-state index in [1.807, 2.05) is 19.9 Å². The Morgan fingerprint density at radius 3 is 2.71 bits per heavy atom. The Kier molecular flexibility index (Phi) is 4.40. The molecule has 0 radical (unpaired) electrons. The quantitative estimate of drug-likeness (QED) is 0.581. The summed E-state index contributed by atoms with van der Waals surface area (Å²) < 4.78 is 2.94. The Hall–Kier alpha value is -3.88. The van der Waals surface area contributed by atoms with Gasteiger partial charge in [-0.2, -0.15) is 5.10 Å². The molecule has 0 saturated carbocycles. The molecule has 0 aliphatic carbocycles. The lowest BCUT2D eigenvalue weighted by atomic mass is 10.2. The van der Waals surface area contributed by atoms with E-state index in [9.17, 15) is 9.59 Å². The zero-order valence-corrected chi connectivity index (χ0v) is 15.3. The van der Waals surface area contributed by atoms with Gasteiger partial charge in [0, 0.05) is 11.8 Å². The minimum absolute atomic E-state index is 0.171. The maximum absolute atomic E-state index is 12.5. The third-order valence-electron chi connectivity index (χ3n) is 4.19. The number of hydrogen-bond acceptors (Lipinski definition) is 6. The van der Waals surface area contributed by atoms with Crippen molar-refractivity contribution in [3.05, 3.63) is 70.8 Å². The number of amides is 1. The second-order valence-electron chi connectivity index (χ2n) is 6.34. The molecular formula is C19H17N7O2. The fourth-order valence-electron chi connectivity index (χ4n) is 2.95. The van der Waals surface area contributed by atoms with Crippen molar-refractivity contribution < 1.29 is 4.79 Å². The van der Waals surface area contributed by atoms with Crippen molar-refractivity contribution in [2.75, 3.05) is 5.32 Å². The van der Waals surface area contributed by atoms with Crippen LogP contribution in [0.25, 0.3) is 16.7 Å². The highest BCUT2D eigenvalue weighted by Gasteiger charge is 2.11. The van der Waals surface area contributed by atoms with E-state index < -0.39 is 5.91 Å². The number of nitrogens with one attached hydrogen (secondary N) is 1. The number of anilines is 1. The van der Waals surface area contributed by atoms with Crippen LogP contribution in [0.15, 0.2) is 53.8 Å². The molecule has 0 unspecified atom stereocenters. The number of rotatable bonds is 4. The number of aryl methyl sites for hydroxylation is 2. The summed E-state index contributed by atoms with van der Waals surface area (Å²) in [4.78, 5) is 37.4. The Labute approximate surface area is 159 Å². The van der Waals surface area contributed by atoms with E-state index >= 15 is 0 Å². The first-order valence-electron chi connectivity index (χ1n) is 8.61. The third-order valence-corrected chi connectivity index (χ3v) is 4.19. The van der Waals surface area contributed by atoms with Gasteiger partial charge < -0.3 is 5.32 Å². The number of carbonyl (C=O) groups is 1. The SMILES string of the molecule is Cc1cc(C)n(-c2cc(NC(=O)Cn3cnc4ccccc4c3=O)ncn2)n1. The van der Waals surface area contributed by atoms with Crippen molar-refractivity contribution in [1.29, 1.82) is 0 Å². The molecule has 0 bridgehead atoms. The van der Waals surface area contributed by atoms with Crippen molar-refractivity contribution in [3.63, 3.8) is 0 Å². The van der Waals surface area contributed by atoms with E-state index in [0.717, 1.165) is 11.4 Å². The maximum atomic E-state index is 12.5. The molecule has 140 valence electrons. The van der Waals surface area contributed by atoms with E-state index in [1.54, 1.807) is 35.0 Å². The lowest BCUT2D eigenvalue weighted by Crippen LogP contribution is -2.28. The third kappa shape index (κ3) is 3.37. The van der Waals surface area contributed by atoms with Gasteiger partial charge in [0.1, 0.15) is 18.7 Å². The van der Waals surface area contributed by atoms with Crippen molar-refractivity contribution in [1.82, 2.24) is 29.3 Å². The molecule has 28 heavy (non-hydrogen) atoms. The van der Waals surface area contributed by atoms with Gasteiger partial charge in [0.05, 0.1) is 22.9 Å². The monoisotopic (exact) mass is 375 g/mol. The van der Waals surface area contributed by atoms with Gasteiger partial charge in [-0.1, -0.05) is 12.1 Å². The van der Waals surface area contributed by atoms with Crippen molar-refractivity contribution in [2.24, 2.45) is 0 Å². The molecule has 0 saturated heterocycles. The smallest absolute Gasteiger partial charge is 0.261 e. The van der Waals surface area contributed by atoms with Gasteiger partial charge >= 0.3 is 0 Å². The molecule has 9 heteroatoms. The first kappa shape index (κ1) is 17.5. The lowest BCUT2D eigenvalue weighted by molar-refractivity contribution is -0.116. The molecule has 9 nitrogen and oxygen atoms in total. The van der Waals surface area contributed by atoms with Crippen LogP contribution in [0.3, 0.4) is 0 Å². The minimum Gasteiger partial charge on any atom is -0.309 e. The van der Waals surface area contributed by atoms with Crippen LogP contribution in [0.5, 0.6) is 0 Å². The number of fused-ring (bicyclic) bond motifs is 1. The lowest BCUT2D eigenvalue weighted by Gasteiger charge is -2.09. The number of nitrogens with zero attached hydrogens (tertiary/aromatic N) is 6. The van der Waals surface area contributed by atoms with Crippen LogP contribution < -0.4 is 10.9 Å². The van der Waals surface area contributed by atoms with Gasteiger partial charge in [-0.05, 0) is 32.0 Å². The second kappa shape index (κ2) is 7.03. The number of para-hydroxylation sites is 1. The summed E-state index contributed by atoms with van der Waals surface area (Å²) in [5.41, 5.74) is 2.10. The molecule has 1 aromatic carbocycles. The standard InChI is InChI=1S/C19H17N7O2/c1-12-7-13(2)26(24-12)17-8-16(20-10-21-17)23-18(27)9-25-11-22-15-6-4-3-5-14(15)19(25)28/h3-8,10-11H,9H2,1-2H3,(H,20,21,23,27). The van der Waals surface area contributed by atoms with Crippen LogP contribution in [-0.2, 0) is 11.3 Å². The Balaban J connectivity index is 1.55. The van der Waals surface area contributed by atoms with Crippen molar-refractivity contribution in [3.8, 4) is 5.82 Å². The van der Waals surface area contributed by atoms with E-state index in [2.05, 4.69) is 25.4 Å². The summed E-state index contributed by atoms with van der Waals surface area (Å²) in [6, 6.07) is 10.6. The first-order chi connectivity index (χ1) is 13.5. The highest BCUT2D eigenvalue weighted by Crippen LogP contribution is 2.12. The Morgan fingerprint density at radius 2 is 1.93 bits per heavy atom. The molecule has 3 aromatic heterocycles. The van der Waals surface area contributed by atoms with Gasteiger partial charge in [0.2, 0.25) is 5.91 Å². The minimum atomic E-state index is -0.391. The van der Waals surface area contributed by atoms with Crippen LogP contribution >= 0.6 is 0 Å². The normalized spacial score (nSPS) is 10.9. The van der Waals surface area contributed by atoms with Gasteiger partial charge in [-0.3, -0.25) is 14.2 Å². The molecule has 0 aliphatic heterocycles. The molecule has 1 amide bonds. The van der Waals surface area contributed by atoms with Crippen LogP contribution in [0.1, 0.15) is 11.4 Å². The molecule has 4 rings (SSSR count). The van der Waals surface area contributed by atoms with Gasteiger partial charge in [-0.25, -0.2) is 19.6 Å². The maximum Gasteiger partial charge on any atom is 0.261 e. The highest BCUT2D eigenvalue weighted by atomic mass is 16.2. The van der Waals surface area contributed by atoms with E-state index in [0.29, 0.717) is 22.5 Å². The number of hydrogen-bond donors (Lipinski definition) is 1. The van der Waals surface area contributed by atoms with Gasteiger partial charge in [-0.15, -0.1) is 0 Å². The fraction of sp³-hybridized carbons (Fsp3) is 0.158. The number of carbonyl (C=O) groups excluding carboxylic acids is 1. The fourth-order valence-corrected chi connectivity index (χ4v) is 2.95. The molecule has 3 heterocycles. The average molecular weight is 375 g/mol. The molecule has 0 aliphatic rings. The predicted molar refractivity (Wildman–Crippen MR) is 103 cm³/mol. The summed E-state index contributed by atoms with van der Waals surface area (Å²) in [7, 11) is 0. The predicted octanol–water partition coefficient (Wildman–Crippen LogP) is 1.63. The van der Waals surface area contributed by atoms with Crippen LogP contribution in [0.4, 0.5) is 5.82 Å². The highest BCUT2D eigenvalue weighted by molar-refractivity contribution is 5.90. The molecule has 4 aromatic rings. The van der Waals surface area contributed by atoms with Gasteiger partial charge in [0.25, 0.3) is 5.56 Å². The summed E-state index contributed by atoms with van der Waals surface area (Å²) in [6.45, 7) is 3.64. The van der Waals surface area contributed by atoms with Crippen LogP contribution in [-0.4, -0.2) is 35.2 Å². The molecule has 0 spiro atoms. The molecule has 0 fully saturated rings. The summed E-state index contributed by atoms with van der Waals surface area (Å²) in [5.74, 6) is 0.474. The number of aromatic nitrogens is 6. The number of benzene rings is 1. The second-order valence-corrected chi connectivity index (χ2v) is 6.34. The first-order valence-corrected chi connectivity index (χ1v) is 8.61. The Bertz CT molecular complexity index is 1240. The molecule has 1 N–H and O–H groups in total. The molecule has 0 atom stereocenters. The Morgan fingerprint density at radius 1 is 1.11 bits per heavy atom. The van der Waals surface area contributed by atoms with Crippen molar-refractivity contribution >= 4 is 22.6 Å². The zero-order chi connectivity index (χ0) is 19.7. The molecular weight excluding hydrogens is 358 g/mol. The summed E-state index contributed by atoms with van der Waals surface area (Å²) >= 11 is 0. The van der Waals surface area contributed by atoms with E-state index in [1.165, 1.54) is 17.2 Å². The summed E-state index contributed by atoms with van der Waals surface area (Å²) in [5, 5.41) is 7.52. The van der Waals surface area contributed by atoms with Gasteiger partial charge in [0.15, 0.2) is 5.82 Å². The average Bonchev–Trinajstić information content (AvgIpc) is 3.02. The van der Waals surface area contributed by atoms with Crippen LogP contribution in [0, 0.1) is 13.8 Å². The van der Waals surface area contributed by atoms with E-state index in [4.69, 9.17) is 0 Å².